The molecule has 2 N–H and O–H groups in total. The molecule has 0 saturated carbocycles. The summed E-state index contributed by atoms with van der Waals surface area (Å²) in [4.78, 5) is 14.1. The van der Waals surface area contributed by atoms with Gasteiger partial charge in [0.2, 0.25) is 5.91 Å². The summed E-state index contributed by atoms with van der Waals surface area (Å²) in [6.45, 7) is 11.5. The Labute approximate surface area is 118 Å². The van der Waals surface area contributed by atoms with Crippen LogP contribution >= 0.6 is 0 Å². The first-order valence-corrected chi connectivity index (χ1v) is 7.71. The van der Waals surface area contributed by atoms with Gasteiger partial charge in [-0.15, -0.1) is 0 Å². The number of amides is 1. The number of carbonyl (C=O) groups is 1. The molecule has 1 saturated heterocycles. The van der Waals surface area contributed by atoms with Crippen LogP contribution < -0.4 is 10.6 Å². The van der Waals surface area contributed by atoms with Gasteiger partial charge in [0.15, 0.2) is 0 Å². The van der Waals surface area contributed by atoms with E-state index in [0.717, 1.165) is 26.1 Å². The van der Waals surface area contributed by atoms with Gasteiger partial charge in [0.1, 0.15) is 0 Å². The second kappa shape index (κ2) is 8.54. The molecule has 0 radical (unpaired) electrons. The average Bonchev–Trinajstić information content (AvgIpc) is 2.34. The third-order valence-electron chi connectivity index (χ3n) is 3.43. The first-order chi connectivity index (χ1) is 8.97. The standard InChI is InChI=1S/C15H31N3O/c1-15(2,3)17-10-8-14(19)16-9-7-13-18-11-5-4-6-12-18/h17H,4-13H2,1-3H3,(H,16,19). The Balaban J connectivity index is 1.95. The van der Waals surface area contributed by atoms with Crippen molar-refractivity contribution < 1.29 is 4.79 Å². The normalized spacial score (nSPS) is 17.4. The number of hydrogen-bond acceptors (Lipinski definition) is 3. The van der Waals surface area contributed by atoms with Gasteiger partial charge in [0.05, 0.1) is 0 Å². The third-order valence-corrected chi connectivity index (χ3v) is 3.43. The summed E-state index contributed by atoms with van der Waals surface area (Å²) in [6.07, 6.45) is 5.70. The number of piperidine rings is 1. The molecular formula is C15H31N3O. The van der Waals surface area contributed by atoms with E-state index in [4.69, 9.17) is 0 Å². The predicted octanol–water partition coefficient (Wildman–Crippen LogP) is 1.76. The Morgan fingerprint density at radius 1 is 1.11 bits per heavy atom. The number of nitrogens with zero attached hydrogens (tertiary/aromatic N) is 1. The lowest BCUT2D eigenvalue weighted by Gasteiger charge is -2.26. The van der Waals surface area contributed by atoms with Gasteiger partial charge in [-0.05, 0) is 59.7 Å². The van der Waals surface area contributed by atoms with Crippen molar-refractivity contribution in [2.45, 2.75) is 58.4 Å². The number of rotatable bonds is 7. The molecule has 0 atom stereocenters. The van der Waals surface area contributed by atoms with E-state index in [1.54, 1.807) is 0 Å². The Morgan fingerprint density at radius 2 is 1.79 bits per heavy atom. The summed E-state index contributed by atoms with van der Waals surface area (Å²) in [5, 5.41) is 6.33. The van der Waals surface area contributed by atoms with E-state index in [1.807, 2.05) is 0 Å². The van der Waals surface area contributed by atoms with Gasteiger partial charge in [-0.3, -0.25) is 4.79 Å². The highest BCUT2D eigenvalue weighted by molar-refractivity contribution is 5.75. The molecule has 1 fully saturated rings. The topological polar surface area (TPSA) is 44.4 Å². The minimum absolute atomic E-state index is 0.0918. The Bertz CT molecular complexity index is 255. The van der Waals surface area contributed by atoms with E-state index in [-0.39, 0.29) is 11.4 Å². The highest BCUT2D eigenvalue weighted by Gasteiger charge is 2.10. The summed E-state index contributed by atoms with van der Waals surface area (Å²) < 4.78 is 0. The van der Waals surface area contributed by atoms with Gasteiger partial charge in [-0.2, -0.15) is 0 Å². The monoisotopic (exact) mass is 269 g/mol. The van der Waals surface area contributed by atoms with Crippen molar-refractivity contribution in [2.24, 2.45) is 0 Å². The molecule has 1 aliphatic rings. The molecule has 1 aliphatic heterocycles. The lowest BCUT2D eigenvalue weighted by Crippen LogP contribution is -2.39. The SMILES string of the molecule is CC(C)(C)NCCC(=O)NCCCN1CCCCC1. The van der Waals surface area contributed by atoms with Crippen molar-refractivity contribution in [2.75, 3.05) is 32.7 Å². The van der Waals surface area contributed by atoms with Crippen LogP contribution in [0.3, 0.4) is 0 Å². The van der Waals surface area contributed by atoms with Crippen LogP contribution in [0.2, 0.25) is 0 Å². The lowest BCUT2D eigenvalue weighted by molar-refractivity contribution is -0.121. The average molecular weight is 269 g/mol. The zero-order valence-electron chi connectivity index (χ0n) is 12.9. The maximum absolute atomic E-state index is 11.6. The van der Waals surface area contributed by atoms with Crippen LogP contribution in [0.4, 0.5) is 0 Å². The van der Waals surface area contributed by atoms with Gasteiger partial charge < -0.3 is 15.5 Å². The van der Waals surface area contributed by atoms with Crippen molar-refractivity contribution >= 4 is 5.91 Å². The van der Waals surface area contributed by atoms with Crippen LogP contribution in [-0.2, 0) is 4.79 Å². The predicted molar refractivity (Wildman–Crippen MR) is 80.3 cm³/mol. The molecule has 4 heteroatoms. The minimum Gasteiger partial charge on any atom is -0.356 e. The number of carbonyl (C=O) groups excluding carboxylic acids is 1. The fourth-order valence-corrected chi connectivity index (χ4v) is 2.35. The van der Waals surface area contributed by atoms with E-state index < -0.39 is 0 Å². The van der Waals surface area contributed by atoms with Crippen molar-refractivity contribution in [3.8, 4) is 0 Å². The van der Waals surface area contributed by atoms with Crippen molar-refractivity contribution in [3.05, 3.63) is 0 Å². The number of nitrogens with one attached hydrogen (secondary N) is 2. The number of hydrogen-bond donors (Lipinski definition) is 2. The molecule has 0 unspecified atom stereocenters. The highest BCUT2D eigenvalue weighted by atomic mass is 16.1. The maximum atomic E-state index is 11.6. The van der Waals surface area contributed by atoms with Crippen molar-refractivity contribution in [1.29, 1.82) is 0 Å². The second-order valence-corrected chi connectivity index (χ2v) is 6.53. The zero-order chi connectivity index (χ0) is 14.1. The van der Waals surface area contributed by atoms with Gasteiger partial charge in [0, 0.05) is 25.0 Å². The van der Waals surface area contributed by atoms with Crippen molar-refractivity contribution in [3.63, 3.8) is 0 Å². The van der Waals surface area contributed by atoms with E-state index in [2.05, 4.69) is 36.3 Å². The Morgan fingerprint density at radius 3 is 2.42 bits per heavy atom. The summed E-state index contributed by atoms with van der Waals surface area (Å²) in [5.74, 6) is 0.162. The van der Waals surface area contributed by atoms with Gasteiger partial charge >= 0.3 is 0 Å². The van der Waals surface area contributed by atoms with Crippen LogP contribution in [-0.4, -0.2) is 49.1 Å². The summed E-state index contributed by atoms with van der Waals surface area (Å²) in [7, 11) is 0. The van der Waals surface area contributed by atoms with Crippen LogP contribution in [0.1, 0.15) is 52.9 Å². The van der Waals surface area contributed by atoms with Crippen LogP contribution in [0, 0.1) is 0 Å². The largest absolute Gasteiger partial charge is 0.356 e. The highest BCUT2D eigenvalue weighted by Crippen LogP contribution is 2.08. The van der Waals surface area contributed by atoms with E-state index >= 15 is 0 Å². The molecule has 1 rings (SSSR count). The molecule has 0 spiro atoms. The first kappa shape index (κ1) is 16.4. The smallest absolute Gasteiger partial charge is 0.221 e. The first-order valence-electron chi connectivity index (χ1n) is 7.71. The Kier molecular flexibility index (Phi) is 7.39. The minimum atomic E-state index is 0.0918. The van der Waals surface area contributed by atoms with Gasteiger partial charge in [0.25, 0.3) is 0 Å². The number of likely N-dealkylation sites (tertiary alicyclic amines) is 1. The third kappa shape index (κ3) is 9.00. The molecular weight excluding hydrogens is 238 g/mol. The van der Waals surface area contributed by atoms with Crippen LogP contribution in [0.15, 0.2) is 0 Å². The lowest BCUT2D eigenvalue weighted by atomic mass is 10.1. The molecule has 1 heterocycles. The maximum Gasteiger partial charge on any atom is 0.221 e. The molecule has 0 aliphatic carbocycles. The second-order valence-electron chi connectivity index (χ2n) is 6.53. The summed E-state index contributed by atoms with van der Waals surface area (Å²) >= 11 is 0. The van der Waals surface area contributed by atoms with Gasteiger partial charge in [-0.1, -0.05) is 6.42 Å². The molecule has 4 nitrogen and oxygen atoms in total. The molecule has 112 valence electrons. The molecule has 19 heavy (non-hydrogen) atoms. The van der Waals surface area contributed by atoms with E-state index in [0.29, 0.717) is 6.42 Å². The van der Waals surface area contributed by atoms with E-state index in [1.165, 1.54) is 32.4 Å². The fourth-order valence-electron chi connectivity index (χ4n) is 2.35. The summed E-state index contributed by atoms with van der Waals surface area (Å²) in [6, 6.07) is 0. The molecule has 0 aromatic carbocycles. The summed E-state index contributed by atoms with van der Waals surface area (Å²) in [5.41, 5.74) is 0.0918. The fraction of sp³-hybridized carbons (Fsp3) is 0.933. The molecule has 0 aromatic rings. The quantitative estimate of drug-likeness (QED) is 0.692. The molecule has 0 aromatic heterocycles. The molecule has 0 bridgehead atoms. The van der Waals surface area contributed by atoms with Crippen LogP contribution in [0.25, 0.3) is 0 Å². The van der Waals surface area contributed by atoms with Crippen LogP contribution in [0.5, 0.6) is 0 Å². The van der Waals surface area contributed by atoms with Crippen molar-refractivity contribution in [1.82, 2.24) is 15.5 Å². The van der Waals surface area contributed by atoms with Gasteiger partial charge in [-0.25, -0.2) is 0 Å². The zero-order valence-corrected chi connectivity index (χ0v) is 12.9. The molecule has 1 amide bonds. The van der Waals surface area contributed by atoms with E-state index in [9.17, 15) is 4.79 Å². The Hall–Kier alpha value is -0.610.